The summed E-state index contributed by atoms with van der Waals surface area (Å²) in [5, 5.41) is 0. The fourth-order valence-corrected chi connectivity index (χ4v) is 1.20. The molecular weight excluding hydrogens is 164 g/mol. The van der Waals surface area contributed by atoms with Crippen LogP contribution in [0.2, 0.25) is 0 Å². The molecule has 3 heteroatoms. The Morgan fingerprint density at radius 1 is 1.38 bits per heavy atom. The van der Waals surface area contributed by atoms with Crippen LogP contribution < -0.4 is 4.74 Å². The fraction of sp³-hybridized carbons (Fsp3) is 0.500. The molecule has 0 bridgehead atoms. The van der Waals surface area contributed by atoms with Crippen LogP contribution >= 0.6 is 0 Å². The molecule has 1 aromatic heterocycles. The first kappa shape index (κ1) is 9.99. The predicted octanol–water partition coefficient (Wildman–Crippen LogP) is 1.46. The summed E-state index contributed by atoms with van der Waals surface area (Å²) in [6.07, 6.45) is 0. The van der Waals surface area contributed by atoms with Gasteiger partial charge in [-0.1, -0.05) is 6.07 Å². The third-order valence-corrected chi connectivity index (χ3v) is 1.76. The van der Waals surface area contributed by atoms with Crippen LogP contribution in [0.1, 0.15) is 11.3 Å². The molecule has 0 radical (unpaired) electrons. The molecule has 0 spiro atoms. The molecule has 0 fully saturated rings. The first-order chi connectivity index (χ1) is 6.13. The summed E-state index contributed by atoms with van der Waals surface area (Å²) in [5.74, 6) is 0.730. The van der Waals surface area contributed by atoms with Gasteiger partial charge in [0.2, 0.25) is 5.88 Å². The number of nitrogens with zero attached hydrogens (tertiary/aromatic N) is 2. The van der Waals surface area contributed by atoms with Crippen LogP contribution in [0.5, 0.6) is 5.88 Å². The Morgan fingerprint density at radius 2 is 2.08 bits per heavy atom. The van der Waals surface area contributed by atoms with Crippen molar-refractivity contribution in [2.24, 2.45) is 0 Å². The number of pyridine rings is 1. The van der Waals surface area contributed by atoms with Crippen molar-refractivity contribution in [2.75, 3.05) is 21.2 Å². The number of ether oxygens (including phenoxy) is 1. The van der Waals surface area contributed by atoms with Crippen LogP contribution in [0.15, 0.2) is 12.1 Å². The molecule has 0 saturated carbocycles. The van der Waals surface area contributed by atoms with E-state index in [1.807, 2.05) is 27.1 Å². The molecule has 0 atom stereocenters. The first-order valence-corrected chi connectivity index (χ1v) is 4.28. The smallest absolute Gasteiger partial charge is 0.217 e. The maximum Gasteiger partial charge on any atom is 0.217 e. The van der Waals surface area contributed by atoms with E-state index in [9.17, 15) is 0 Å². The monoisotopic (exact) mass is 180 g/mol. The van der Waals surface area contributed by atoms with E-state index in [0.29, 0.717) is 0 Å². The summed E-state index contributed by atoms with van der Waals surface area (Å²) in [6, 6.07) is 4.06. The van der Waals surface area contributed by atoms with E-state index in [2.05, 4.69) is 16.0 Å². The summed E-state index contributed by atoms with van der Waals surface area (Å²) in [5.41, 5.74) is 2.11. The van der Waals surface area contributed by atoms with Crippen molar-refractivity contribution in [3.63, 3.8) is 0 Å². The Kier molecular flexibility index (Phi) is 3.25. The predicted molar refractivity (Wildman–Crippen MR) is 52.9 cm³/mol. The van der Waals surface area contributed by atoms with Gasteiger partial charge in [-0.2, -0.15) is 0 Å². The minimum Gasteiger partial charge on any atom is -0.481 e. The molecule has 0 N–H and O–H groups in total. The molecule has 0 amide bonds. The third kappa shape index (κ3) is 2.70. The Labute approximate surface area is 79.3 Å². The van der Waals surface area contributed by atoms with Gasteiger partial charge in [0, 0.05) is 17.8 Å². The molecule has 72 valence electrons. The van der Waals surface area contributed by atoms with Gasteiger partial charge in [-0.05, 0) is 27.1 Å². The maximum absolute atomic E-state index is 5.19. The van der Waals surface area contributed by atoms with Crippen molar-refractivity contribution in [1.29, 1.82) is 0 Å². The van der Waals surface area contributed by atoms with Crippen molar-refractivity contribution in [3.05, 3.63) is 23.4 Å². The topological polar surface area (TPSA) is 25.4 Å². The highest BCUT2D eigenvalue weighted by atomic mass is 16.5. The number of hydrogen-bond acceptors (Lipinski definition) is 3. The van der Waals surface area contributed by atoms with Crippen LogP contribution in [0.25, 0.3) is 0 Å². The van der Waals surface area contributed by atoms with E-state index in [1.165, 1.54) is 0 Å². The van der Waals surface area contributed by atoms with E-state index in [0.717, 1.165) is 23.7 Å². The van der Waals surface area contributed by atoms with Gasteiger partial charge in [-0.25, -0.2) is 4.98 Å². The van der Waals surface area contributed by atoms with Crippen LogP contribution in [0.4, 0.5) is 0 Å². The summed E-state index contributed by atoms with van der Waals surface area (Å²) in [6.45, 7) is 2.82. The van der Waals surface area contributed by atoms with Crippen molar-refractivity contribution in [2.45, 2.75) is 13.5 Å². The second kappa shape index (κ2) is 4.23. The van der Waals surface area contributed by atoms with Gasteiger partial charge in [0.25, 0.3) is 0 Å². The second-order valence-electron chi connectivity index (χ2n) is 3.36. The zero-order valence-electron chi connectivity index (χ0n) is 8.66. The summed E-state index contributed by atoms with van der Waals surface area (Å²) >= 11 is 0. The molecule has 0 aliphatic rings. The molecule has 0 aliphatic heterocycles. The molecule has 0 aromatic carbocycles. The van der Waals surface area contributed by atoms with Gasteiger partial charge in [0.15, 0.2) is 0 Å². The number of aryl methyl sites for hydroxylation is 1. The van der Waals surface area contributed by atoms with E-state index in [4.69, 9.17) is 4.74 Å². The van der Waals surface area contributed by atoms with Crippen LogP contribution in [0.3, 0.4) is 0 Å². The highest BCUT2D eigenvalue weighted by molar-refractivity contribution is 5.27. The number of aromatic nitrogens is 1. The summed E-state index contributed by atoms with van der Waals surface area (Å²) < 4.78 is 5.19. The van der Waals surface area contributed by atoms with E-state index >= 15 is 0 Å². The molecule has 1 rings (SSSR count). The van der Waals surface area contributed by atoms with Crippen molar-refractivity contribution >= 4 is 0 Å². The number of rotatable bonds is 3. The van der Waals surface area contributed by atoms with Crippen molar-refractivity contribution in [3.8, 4) is 5.88 Å². The lowest BCUT2D eigenvalue weighted by Gasteiger charge is -2.12. The standard InChI is InChI=1S/C10H16N2O/c1-8-5-6-9(7-12(2)3)10(11-8)13-4/h5-6H,7H2,1-4H3. The van der Waals surface area contributed by atoms with E-state index in [1.54, 1.807) is 7.11 Å². The molecular formula is C10H16N2O. The molecule has 1 aromatic rings. The minimum atomic E-state index is 0.730. The lowest BCUT2D eigenvalue weighted by molar-refractivity contribution is 0.361. The Bertz CT molecular complexity index is 284. The highest BCUT2D eigenvalue weighted by Gasteiger charge is 2.04. The molecule has 1 heterocycles. The average molecular weight is 180 g/mol. The lowest BCUT2D eigenvalue weighted by atomic mass is 10.2. The normalized spacial score (nSPS) is 10.5. The van der Waals surface area contributed by atoms with E-state index < -0.39 is 0 Å². The van der Waals surface area contributed by atoms with E-state index in [-0.39, 0.29) is 0 Å². The Balaban J connectivity index is 2.92. The second-order valence-corrected chi connectivity index (χ2v) is 3.36. The lowest BCUT2D eigenvalue weighted by Crippen LogP contribution is -2.12. The van der Waals surface area contributed by atoms with Crippen molar-refractivity contribution < 1.29 is 4.74 Å². The molecule has 0 saturated heterocycles. The fourth-order valence-electron chi connectivity index (χ4n) is 1.20. The Hall–Kier alpha value is -1.09. The highest BCUT2D eigenvalue weighted by Crippen LogP contribution is 2.16. The largest absolute Gasteiger partial charge is 0.481 e. The average Bonchev–Trinajstić information content (AvgIpc) is 2.07. The SMILES string of the molecule is COc1nc(C)ccc1CN(C)C. The van der Waals surface area contributed by atoms with Gasteiger partial charge < -0.3 is 9.64 Å². The van der Waals surface area contributed by atoms with Crippen LogP contribution in [-0.2, 0) is 6.54 Å². The zero-order chi connectivity index (χ0) is 9.84. The Morgan fingerprint density at radius 3 is 2.62 bits per heavy atom. The zero-order valence-corrected chi connectivity index (χ0v) is 8.66. The van der Waals surface area contributed by atoms with Crippen molar-refractivity contribution in [1.82, 2.24) is 9.88 Å². The number of methoxy groups -OCH3 is 1. The first-order valence-electron chi connectivity index (χ1n) is 4.28. The van der Waals surface area contributed by atoms with Crippen LogP contribution in [0, 0.1) is 6.92 Å². The molecule has 3 nitrogen and oxygen atoms in total. The maximum atomic E-state index is 5.19. The van der Waals surface area contributed by atoms with Gasteiger partial charge >= 0.3 is 0 Å². The van der Waals surface area contributed by atoms with Gasteiger partial charge in [-0.15, -0.1) is 0 Å². The summed E-state index contributed by atoms with van der Waals surface area (Å²) in [4.78, 5) is 6.39. The van der Waals surface area contributed by atoms with Gasteiger partial charge in [-0.3, -0.25) is 0 Å². The quantitative estimate of drug-likeness (QED) is 0.704. The third-order valence-electron chi connectivity index (χ3n) is 1.76. The van der Waals surface area contributed by atoms with Gasteiger partial charge in [0.1, 0.15) is 0 Å². The van der Waals surface area contributed by atoms with Gasteiger partial charge in [0.05, 0.1) is 7.11 Å². The minimum absolute atomic E-state index is 0.730. The number of hydrogen-bond donors (Lipinski definition) is 0. The summed E-state index contributed by atoms with van der Waals surface area (Å²) in [7, 11) is 5.71. The van der Waals surface area contributed by atoms with Crippen LogP contribution in [-0.4, -0.2) is 31.1 Å². The molecule has 13 heavy (non-hydrogen) atoms. The molecule has 0 unspecified atom stereocenters. The molecule has 0 aliphatic carbocycles.